The molecule has 0 N–H and O–H groups in total. The molecule has 4 rings (SSSR count). The fraction of sp³-hybridized carbons (Fsp3) is 0.389. The van der Waals surface area contributed by atoms with Crippen molar-refractivity contribution in [3.05, 3.63) is 54.1 Å². The summed E-state index contributed by atoms with van der Waals surface area (Å²) in [5, 5.41) is 0. The van der Waals surface area contributed by atoms with Crippen molar-refractivity contribution in [2.24, 2.45) is 0 Å². The molecule has 0 spiro atoms. The van der Waals surface area contributed by atoms with Crippen molar-refractivity contribution >= 4 is 11.6 Å². The normalized spacial score (nSPS) is 18.1. The molecule has 1 saturated heterocycles. The molecule has 1 aromatic heterocycles. The van der Waals surface area contributed by atoms with Crippen LogP contribution in [0, 0.1) is 0 Å². The van der Waals surface area contributed by atoms with Gasteiger partial charge in [-0.2, -0.15) is 0 Å². The SMILES string of the molecule is O=C(c1cc(C2CC2)ncn1)N1CCN(c2ccccc2)CC1. The third-order valence-corrected chi connectivity index (χ3v) is 4.59. The topological polar surface area (TPSA) is 49.3 Å². The van der Waals surface area contributed by atoms with Crippen LogP contribution < -0.4 is 4.90 Å². The molecular formula is C18H20N4O. The van der Waals surface area contributed by atoms with E-state index < -0.39 is 0 Å². The van der Waals surface area contributed by atoms with E-state index in [0.717, 1.165) is 31.9 Å². The lowest BCUT2D eigenvalue weighted by molar-refractivity contribution is 0.0740. The minimum atomic E-state index is 0.0296. The number of nitrogens with zero attached hydrogens (tertiary/aromatic N) is 4. The summed E-state index contributed by atoms with van der Waals surface area (Å²) in [6, 6.07) is 12.2. The van der Waals surface area contributed by atoms with E-state index in [1.54, 1.807) is 0 Å². The average Bonchev–Trinajstić information content (AvgIpc) is 3.47. The minimum absolute atomic E-state index is 0.0296. The zero-order chi connectivity index (χ0) is 15.6. The van der Waals surface area contributed by atoms with Crippen molar-refractivity contribution in [2.75, 3.05) is 31.1 Å². The third kappa shape index (κ3) is 3.04. The van der Waals surface area contributed by atoms with E-state index in [1.165, 1.54) is 24.9 Å². The predicted molar refractivity (Wildman–Crippen MR) is 88.6 cm³/mol. The number of anilines is 1. The number of hydrogen-bond acceptors (Lipinski definition) is 4. The standard InChI is InChI=1S/C18H20N4O/c23-18(17-12-16(14-6-7-14)19-13-20-17)22-10-8-21(9-11-22)15-4-2-1-3-5-15/h1-5,12-14H,6-11H2. The van der Waals surface area contributed by atoms with E-state index in [9.17, 15) is 4.79 Å². The average molecular weight is 308 g/mol. The van der Waals surface area contributed by atoms with Crippen molar-refractivity contribution in [1.29, 1.82) is 0 Å². The number of aromatic nitrogens is 2. The Morgan fingerprint density at radius 2 is 1.74 bits per heavy atom. The monoisotopic (exact) mass is 308 g/mol. The molecule has 0 bridgehead atoms. The number of para-hydroxylation sites is 1. The number of amides is 1. The van der Waals surface area contributed by atoms with Gasteiger partial charge in [0.2, 0.25) is 0 Å². The molecule has 23 heavy (non-hydrogen) atoms. The maximum atomic E-state index is 12.7. The summed E-state index contributed by atoms with van der Waals surface area (Å²) < 4.78 is 0. The summed E-state index contributed by atoms with van der Waals surface area (Å²) in [5.74, 6) is 0.571. The van der Waals surface area contributed by atoms with Crippen LogP contribution in [-0.2, 0) is 0 Å². The summed E-state index contributed by atoms with van der Waals surface area (Å²) in [5.41, 5.74) is 2.78. The Labute approximate surface area is 136 Å². The first-order chi connectivity index (χ1) is 11.3. The van der Waals surface area contributed by atoms with Gasteiger partial charge in [0.15, 0.2) is 0 Å². The second kappa shape index (κ2) is 5.99. The predicted octanol–water partition coefficient (Wildman–Crippen LogP) is 2.32. The van der Waals surface area contributed by atoms with Gasteiger partial charge in [0.1, 0.15) is 12.0 Å². The van der Waals surface area contributed by atoms with E-state index in [1.807, 2.05) is 29.2 Å². The lowest BCUT2D eigenvalue weighted by Crippen LogP contribution is -2.49. The molecule has 1 amide bonds. The Morgan fingerprint density at radius 3 is 2.43 bits per heavy atom. The van der Waals surface area contributed by atoms with E-state index in [-0.39, 0.29) is 5.91 Å². The van der Waals surface area contributed by atoms with Gasteiger partial charge in [-0.15, -0.1) is 0 Å². The molecular weight excluding hydrogens is 288 g/mol. The van der Waals surface area contributed by atoms with Gasteiger partial charge < -0.3 is 9.80 Å². The number of rotatable bonds is 3. The quantitative estimate of drug-likeness (QED) is 0.873. The summed E-state index contributed by atoms with van der Waals surface area (Å²) >= 11 is 0. The summed E-state index contributed by atoms with van der Waals surface area (Å²) in [6.07, 6.45) is 3.89. The van der Waals surface area contributed by atoms with Gasteiger partial charge in [-0.25, -0.2) is 9.97 Å². The largest absolute Gasteiger partial charge is 0.368 e. The molecule has 118 valence electrons. The molecule has 1 aliphatic heterocycles. The lowest BCUT2D eigenvalue weighted by atomic mass is 10.2. The van der Waals surface area contributed by atoms with Crippen molar-refractivity contribution in [3.8, 4) is 0 Å². The highest BCUT2D eigenvalue weighted by Crippen LogP contribution is 2.38. The maximum absolute atomic E-state index is 12.7. The van der Waals surface area contributed by atoms with Crippen LogP contribution in [0.5, 0.6) is 0 Å². The molecule has 0 unspecified atom stereocenters. The van der Waals surface area contributed by atoms with E-state index in [4.69, 9.17) is 0 Å². The Bertz CT molecular complexity index is 691. The first-order valence-electron chi connectivity index (χ1n) is 8.22. The minimum Gasteiger partial charge on any atom is -0.368 e. The Hall–Kier alpha value is -2.43. The van der Waals surface area contributed by atoms with Crippen molar-refractivity contribution < 1.29 is 4.79 Å². The lowest BCUT2D eigenvalue weighted by Gasteiger charge is -2.36. The Morgan fingerprint density at radius 1 is 1.00 bits per heavy atom. The number of carbonyl (C=O) groups excluding carboxylic acids is 1. The summed E-state index contributed by atoms with van der Waals surface area (Å²) in [4.78, 5) is 25.4. The molecule has 2 fully saturated rings. The number of hydrogen-bond donors (Lipinski definition) is 0. The maximum Gasteiger partial charge on any atom is 0.272 e. The summed E-state index contributed by atoms with van der Waals surface area (Å²) in [6.45, 7) is 3.18. The second-order valence-corrected chi connectivity index (χ2v) is 6.22. The van der Waals surface area contributed by atoms with Crippen LogP contribution in [-0.4, -0.2) is 47.0 Å². The van der Waals surface area contributed by atoms with Gasteiger partial charge in [0.25, 0.3) is 5.91 Å². The van der Waals surface area contributed by atoms with E-state index in [0.29, 0.717) is 11.6 Å². The Balaban J connectivity index is 1.42. The van der Waals surface area contributed by atoms with Crippen LogP contribution >= 0.6 is 0 Å². The zero-order valence-electron chi connectivity index (χ0n) is 13.1. The molecule has 2 aromatic rings. The van der Waals surface area contributed by atoms with Crippen LogP contribution in [0.3, 0.4) is 0 Å². The molecule has 2 heterocycles. The molecule has 5 heteroatoms. The van der Waals surface area contributed by atoms with Crippen molar-refractivity contribution in [1.82, 2.24) is 14.9 Å². The highest BCUT2D eigenvalue weighted by Gasteiger charge is 2.28. The molecule has 0 radical (unpaired) electrons. The van der Waals surface area contributed by atoms with Gasteiger partial charge in [0.05, 0.1) is 0 Å². The molecule has 1 aliphatic carbocycles. The highest BCUT2D eigenvalue weighted by atomic mass is 16.2. The van der Waals surface area contributed by atoms with Crippen LogP contribution in [0.15, 0.2) is 42.7 Å². The fourth-order valence-electron chi connectivity index (χ4n) is 3.06. The van der Waals surface area contributed by atoms with Crippen LogP contribution in [0.2, 0.25) is 0 Å². The number of carbonyl (C=O) groups is 1. The molecule has 2 aliphatic rings. The van der Waals surface area contributed by atoms with E-state index in [2.05, 4.69) is 27.0 Å². The van der Waals surface area contributed by atoms with Crippen LogP contribution in [0.1, 0.15) is 34.9 Å². The first-order valence-corrected chi connectivity index (χ1v) is 8.22. The van der Waals surface area contributed by atoms with Gasteiger partial charge in [-0.3, -0.25) is 4.79 Å². The molecule has 0 atom stereocenters. The van der Waals surface area contributed by atoms with Crippen LogP contribution in [0.25, 0.3) is 0 Å². The van der Waals surface area contributed by atoms with Crippen molar-refractivity contribution in [2.45, 2.75) is 18.8 Å². The van der Waals surface area contributed by atoms with Gasteiger partial charge in [0, 0.05) is 43.5 Å². The first kappa shape index (κ1) is 14.2. The van der Waals surface area contributed by atoms with Crippen molar-refractivity contribution in [3.63, 3.8) is 0 Å². The number of piperazine rings is 1. The van der Waals surface area contributed by atoms with Crippen LogP contribution in [0.4, 0.5) is 5.69 Å². The van der Waals surface area contributed by atoms with Gasteiger partial charge in [-0.1, -0.05) is 18.2 Å². The second-order valence-electron chi connectivity index (χ2n) is 6.22. The van der Waals surface area contributed by atoms with E-state index >= 15 is 0 Å². The third-order valence-electron chi connectivity index (χ3n) is 4.59. The zero-order valence-corrected chi connectivity index (χ0v) is 13.1. The molecule has 1 aromatic carbocycles. The number of benzene rings is 1. The fourth-order valence-corrected chi connectivity index (χ4v) is 3.06. The van der Waals surface area contributed by atoms with Gasteiger partial charge in [-0.05, 0) is 31.0 Å². The Kier molecular flexibility index (Phi) is 3.69. The highest BCUT2D eigenvalue weighted by molar-refractivity contribution is 5.92. The molecule has 5 nitrogen and oxygen atoms in total. The molecule has 1 saturated carbocycles. The smallest absolute Gasteiger partial charge is 0.272 e. The summed E-state index contributed by atoms with van der Waals surface area (Å²) in [7, 11) is 0. The van der Waals surface area contributed by atoms with Gasteiger partial charge >= 0.3 is 0 Å².